The summed E-state index contributed by atoms with van der Waals surface area (Å²) in [6.45, 7) is 1.33. The zero-order valence-corrected chi connectivity index (χ0v) is 13.5. The molecule has 0 atom stereocenters. The van der Waals surface area contributed by atoms with Crippen LogP contribution in [-0.4, -0.2) is 21.5 Å². The molecule has 0 aliphatic heterocycles. The van der Waals surface area contributed by atoms with Crippen molar-refractivity contribution in [3.63, 3.8) is 0 Å². The Morgan fingerprint density at radius 2 is 1.75 bits per heavy atom. The van der Waals surface area contributed by atoms with E-state index in [1.165, 1.54) is 35.9 Å². The van der Waals surface area contributed by atoms with Crippen LogP contribution in [0.2, 0.25) is 0 Å². The number of amides is 1. The standard InChI is InChI=1S/C17H12FN3O2S/c1-11(22)19-17-21(14-5-3-2-4-6-14)20-16(24-17)15(23)12-7-9-13(18)10-8-12/h2-10H,1H3. The van der Waals surface area contributed by atoms with Crippen LogP contribution < -0.4 is 4.80 Å². The van der Waals surface area contributed by atoms with Gasteiger partial charge in [0.2, 0.25) is 16.5 Å². The number of hydrogen-bond acceptors (Lipinski definition) is 4. The fourth-order valence-corrected chi connectivity index (χ4v) is 2.96. The van der Waals surface area contributed by atoms with Crippen molar-refractivity contribution in [3.8, 4) is 5.69 Å². The highest BCUT2D eigenvalue weighted by Crippen LogP contribution is 2.13. The van der Waals surface area contributed by atoms with Gasteiger partial charge < -0.3 is 0 Å². The van der Waals surface area contributed by atoms with Gasteiger partial charge >= 0.3 is 0 Å². The number of benzene rings is 2. The maximum atomic E-state index is 13.0. The molecule has 1 amide bonds. The van der Waals surface area contributed by atoms with Crippen LogP contribution in [0.1, 0.15) is 22.3 Å². The van der Waals surface area contributed by atoms with Gasteiger partial charge in [-0.25, -0.2) is 9.07 Å². The van der Waals surface area contributed by atoms with Gasteiger partial charge in [-0.2, -0.15) is 10.1 Å². The van der Waals surface area contributed by atoms with Crippen LogP contribution in [0.25, 0.3) is 5.69 Å². The molecule has 3 rings (SSSR count). The van der Waals surface area contributed by atoms with Crippen molar-refractivity contribution >= 4 is 23.0 Å². The van der Waals surface area contributed by atoms with E-state index in [1.54, 1.807) is 12.1 Å². The van der Waals surface area contributed by atoms with Crippen LogP contribution in [0.3, 0.4) is 0 Å². The average molecular weight is 341 g/mol. The first kappa shape index (κ1) is 15.9. The molecule has 7 heteroatoms. The Labute approximate surface area is 140 Å². The summed E-state index contributed by atoms with van der Waals surface area (Å²) >= 11 is 1.01. The summed E-state index contributed by atoms with van der Waals surface area (Å²) in [6.07, 6.45) is 0. The summed E-state index contributed by atoms with van der Waals surface area (Å²) in [5.74, 6) is -1.16. The van der Waals surface area contributed by atoms with Gasteiger partial charge in [-0.15, -0.1) is 0 Å². The van der Waals surface area contributed by atoms with Gasteiger partial charge in [-0.05, 0) is 36.4 Å². The molecule has 0 aliphatic carbocycles. The molecular formula is C17H12FN3O2S. The molecular weight excluding hydrogens is 329 g/mol. The lowest BCUT2D eigenvalue weighted by molar-refractivity contribution is -0.116. The summed E-state index contributed by atoms with van der Waals surface area (Å²) in [5.41, 5.74) is 1.01. The van der Waals surface area contributed by atoms with E-state index in [4.69, 9.17) is 0 Å². The third-order valence-corrected chi connectivity index (χ3v) is 4.02. The molecule has 1 aromatic heterocycles. The van der Waals surface area contributed by atoms with Crippen molar-refractivity contribution in [1.82, 2.24) is 9.78 Å². The molecule has 0 aliphatic rings. The lowest BCUT2D eigenvalue weighted by Crippen LogP contribution is -2.15. The molecule has 120 valence electrons. The van der Waals surface area contributed by atoms with Gasteiger partial charge in [0, 0.05) is 12.5 Å². The number of carbonyl (C=O) groups is 2. The van der Waals surface area contributed by atoms with E-state index in [9.17, 15) is 14.0 Å². The summed E-state index contributed by atoms with van der Waals surface area (Å²) in [5, 5.41) is 4.45. The highest BCUT2D eigenvalue weighted by molar-refractivity contribution is 7.11. The number of ketones is 1. The van der Waals surface area contributed by atoms with Gasteiger partial charge in [0.1, 0.15) is 5.82 Å². The van der Waals surface area contributed by atoms with E-state index in [0.717, 1.165) is 11.3 Å². The van der Waals surface area contributed by atoms with Gasteiger partial charge in [-0.1, -0.05) is 29.5 Å². The monoisotopic (exact) mass is 341 g/mol. The first-order valence-corrected chi connectivity index (χ1v) is 7.87. The first-order valence-electron chi connectivity index (χ1n) is 7.06. The number of halogens is 1. The van der Waals surface area contributed by atoms with Crippen LogP contribution in [0.15, 0.2) is 59.6 Å². The summed E-state index contributed by atoms with van der Waals surface area (Å²) in [7, 11) is 0. The second-order valence-corrected chi connectivity index (χ2v) is 5.86. The third kappa shape index (κ3) is 3.36. The van der Waals surface area contributed by atoms with Crippen molar-refractivity contribution in [2.24, 2.45) is 4.99 Å². The van der Waals surface area contributed by atoms with Crippen LogP contribution in [0, 0.1) is 5.82 Å². The lowest BCUT2D eigenvalue weighted by atomic mass is 10.1. The predicted octanol–water partition coefficient (Wildman–Crippen LogP) is 2.75. The van der Waals surface area contributed by atoms with Gasteiger partial charge in [-0.3, -0.25) is 9.59 Å². The van der Waals surface area contributed by atoms with Gasteiger partial charge in [0.05, 0.1) is 5.69 Å². The van der Waals surface area contributed by atoms with Gasteiger partial charge in [0.15, 0.2) is 5.01 Å². The van der Waals surface area contributed by atoms with Crippen molar-refractivity contribution in [2.75, 3.05) is 0 Å². The van der Waals surface area contributed by atoms with Crippen LogP contribution in [0.4, 0.5) is 4.39 Å². The molecule has 0 radical (unpaired) electrons. The van der Waals surface area contributed by atoms with Gasteiger partial charge in [0.25, 0.3) is 0 Å². The highest BCUT2D eigenvalue weighted by atomic mass is 32.1. The van der Waals surface area contributed by atoms with E-state index in [1.807, 2.05) is 18.2 Å². The largest absolute Gasteiger partial charge is 0.286 e. The fraction of sp³-hybridized carbons (Fsp3) is 0.0588. The third-order valence-electron chi connectivity index (χ3n) is 3.11. The molecule has 3 aromatic rings. The smallest absolute Gasteiger partial charge is 0.245 e. The minimum absolute atomic E-state index is 0.172. The molecule has 0 unspecified atom stereocenters. The zero-order chi connectivity index (χ0) is 17.1. The minimum atomic E-state index is -0.419. The fourth-order valence-electron chi connectivity index (χ4n) is 2.04. The van der Waals surface area contributed by atoms with Crippen LogP contribution >= 0.6 is 11.3 Å². The molecule has 0 spiro atoms. The maximum Gasteiger partial charge on any atom is 0.245 e. The Morgan fingerprint density at radius 1 is 1.08 bits per heavy atom. The van der Waals surface area contributed by atoms with E-state index in [-0.39, 0.29) is 16.7 Å². The Morgan fingerprint density at radius 3 is 2.38 bits per heavy atom. The van der Waals surface area contributed by atoms with E-state index in [0.29, 0.717) is 16.1 Å². The van der Waals surface area contributed by atoms with Crippen molar-refractivity contribution in [2.45, 2.75) is 6.92 Å². The molecule has 0 bridgehead atoms. The van der Waals surface area contributed by atoms with E-state index in [2.05, 4.69) is 10.1 Å². The molecule has 0 fully saturated rings. The number of hydrogen-bond donors (Lipinski definition) is 0. The Balaban J connectivity index is 2.10. The van der Waals surface area contributed by atoms with Crippen molar-refractivity contribution in [1.29, 1.82) is 0 Å². The first-order chi connectivity index (χ1) is 11.5. The Bertz CT molecular complexity index is 960. The SMILES string of the molecule is CC(=O)N=c1sc(C(=O)c2ccc(F)cc2)nn1-c1ccccc1. The van der Waals surface area contributed by atoms with Crippen LogP contribution in [-0.2, 0) is 4.79 Å². The molecule has 0 N–H and O–H groups in total. The number of aromatic nitrogens is 2. The lowest BCUT2D eigenvalue weighted by Gasteiger charge is -1.99. The number of rotatable bonds is 3. The predicted molar refractivity (Wildman–Crippen MR) is 87.5 cm³/mol. The molecule has 0 saturated carbocycles. The summed E-state index contributed by atoms with van der Waals surface area (Å²) in [4.78, 5) is 28.1. The summed E-state index contributed by atoms with van der Waals surface area (Å²) in [6, 6.07) is 14.3. The molecule has 0 saturated heterocycles. The highest BCUT2D eigenvalue weighted by Gasteiger charge is 2.16. The molecule has 2 aromatic carbocycles. The van der Waals surface area contributed by atoms with E-state index < -0.39 is 5.82 Å². The number of carbonyl (C=O) groups excluding carboxylic acids is 2. The zero-order valence-electron chi connectivity index (χ0n) is 12.6. The Hall–Kier alpha value is -2.93. The normalized spacial score (nSPS) is 11.5. The average Bonchev–Trinajstić information content (AvgIpc) is 2.99. The topological polar surface area (TPSA) is 64.3 Å². The quantitative estimate of drug-likeness (QED) is 0.688. The maximum absolute atomic E-state index is 13.0. The van der Waals surface area contributed by atoms with Crippen molar-refractivity contribution < 1.29 is 14.0 Å². The molecule has 24 heavy (non-hydrogen) atoms. The van der Waals surface area contributed by atoms with E-state index >= 15 is 0 Å². The molecule has 1 heterocycles. The molecule has 5 nitrogen and oxygen atoms in total. The number of nitrogens with zero attached hydrogens (tertiary/aromatic N) is 3. The van der Waals surface area contributed by atoms with Crippen molar-refractivity contribution in [3.05, 3.63) is 75.8 Å². The summed E-state index contributed by atoms with van der Waals surface area (Å²) < 4.78 is 14.5. The minimum Gasteiger partial charge on any atom is -0.286 e. The number of para-hydroxylation sites is 1. The second-order valence-electron chi connectivity index (χ2n) is 4.90. The second kappa shape index (κ2) is 6.67. The Kier molecular flexibility index (Phi) is 4.43. The van der Waals surface area contributed by atoms with Crippen LogP contribution in [0.5, 0.6) is 0 Å².